The van der Waals surface area contributed by atoms with Gasteiger partial charge in [0, 0.05) is 18.3 Å². The van der Waals surface area contributed by atoms with Crippen LogP contribution in [0.4, 0.5) is 5.69 Å². The monoisotopic (exact) mass is 434 g/mol. The molecule has 4 rings (SSSR count). The van der Waals surface area contributed by atoms with E-state index in [2.05, 4.69) is 10.4 Å². The molecule has 0 radical (unpaired) electrons. The van der Waals surface area contributed by atoms with Gasteiger partial charge in [-0.3, -0.25) is 19.2 Å². The number of hydrogen-bond donors (Lipinski definition) is 1. The number of ether oxygens (including phenoxy) is 2. The third-order valence-corrected chi connectivity index (χ3v) is 5.69. The lowest BCUT2D eigenvalue weighted by molar-refractivity contribution is -0.126. The van der Waals surface area contributed by atoms with Gasteiger partial charge in [0.05, 0.1) is 26.5 Å². The van der Waals surface area contributed by atoms with Crippen LogP contribution in [0.2, 0.25) is 0 Å². The summed E-state index contributed by atoms with van der Waals surface area (Å²) in [6.45, 7) is 4.14. The molecule has 2 amide bonds. The van der Waals surface area contributed by atoms with Crippen molar-refractivity contribution in [2.75, 3.05) is 19.1 Å². The maximum Gasteiger partial charge on any atom is 0.277 e. The number of benzene rings is 2. The van der Waals surface area contributed by atoms with Crippen molar-refractivity contribution in [2.24, 2.45) is 0 Å². The summed E-state index contributed by atoms with van der Waals surface area (Å²) in [5.74, 6) is 0.790. The van der Waals surface area contributed by atoms with Crippen molar-refractivity contribution in [3.63, 3.8) is 0 Å². The Morgan fingerprint density at radius 3 is 2.50 bits per heavy atom. The number of aromatic nitrogens is 2. The Kier molecular flexibility index (Phi) is 5.61. The normalized spacial score (nSPS) is 17.6. The molecule has 1 aliphatic rings. The zero-order valence-electron chi connectivity index (χ0n) is 18.6. The number of carbonyl (C=O) groups excluding carboxylic acids is 2. The molecule has 2 aromatic carbocycles. The zero-order valence-corrected chi connectivity index (χ0v) is 18.6. The predicted molar refractivity (Wildman–Crippen MR) is 120 cm³/mol. The van der Waals surface area contributed by atoms with Crippen molar-refractivity contribution in [1.82, 2.24) is 15.1 Å². The molecule has 8 heteroatoms. The molecule has 0 aliphatic carbocycles. The molecule has 0 saturated carbocycles. The maximum absolute atomic E-state index is 13.5. The minimum absolute atomic E-state index is 0.230. The summed E-state index contributed by atoms with van der Waals surface area (Å²) < 4.78 is 12.1. The third kappa shape index (κ3) is 3.79. The Balaban J connectivity index is 1.68. The maximum atomic E-state index is 13.5. The first-order valence-corrected chi connectivity index (χ1v) is 10.3. The van der Waals surface area contributed by atoms with Gasteiger partial charge in [-0.05, 0) is 49.7 Å². The minimum atomic E-state index is -1.19. The van der Waals surface area contributed by atoms with Crippen LogP contribution in [-0.2, 0) is 17.9 Å². The largest absolute Gasteiger partial charge is 0.497 e. The van der Waals surface area contributed by atoms with Crippen LogP contribution >= 0.6 is 0 Å². The molecule has 0 spiro atoms. The fraction of sp³-hybridized carbons (Fsp3) is 0.292. The van der Waals surface area contributed by atoms with Crippen molar-refractivity contribution in [3.05, 3.63) is 71.5 Å². The summed E-state index contributed by atoms with van der Waals surface area (Å²) in [5.41, 5.74) is 1.49. The quantitative estimate of drug-likeness (QED) is 0.645. The number of nitrogens with one attached hydrogen (secondary N) is 1. The SMILES string of the molecule is COc1ccc(CNC(=O)[C@@]2(C)Cn3nc(C)cc3C(=O)N2c2cccc(OC)c2)cc1. The number of rotatable bonds is 6. The van der Waals surface area contributed by atoms with Crippen molar-refractivity contribution in [1.29, 1.82) is 0 Å². The van der Waals surface area contributed by atoms with E-state index in [-0.39, 0.29) is 18.4 Å². The molecule has 1 aliphatic heterocycles. The number of carbonyl (C=O) groups is 2. The minimum Gasteiger partial charge on any atom is -0.497 e. The standard InChI is InChI=1S/C24H26N4O4/c1-16-12-21-22(29)28(18-6-5-7-20(13-18)32-4)24(2,15-27(21)26-16)23(30)25-14-17-8-10-19(31-3)11-9-17/h5-13H,14-15H2,1-4H3,(H,25,30)/t24-/m1/s1. The molecule has 3 aromatic rings. The number of aryl methyl sites for hydroxylation is 1. The van der Waals surface area contributed by atoms with Gasteiger partial charge >= 0.3 is 0 Å². The fourth-order valence-electron chi connectivity index (χ4n) is 3.98. The first-order valence-electron chi connectivity index (χ1n) is 10.3. The van der Waals surface area contributed by atoms with Gasteiger partial charge in [-0.2, -0.15) is 5.10 Å². The molecule has 0 bridgehead atoms. The van der Waals surface area contributed by atoms with Gasteiger partial charge in [0.1, 0.15) is 22.7 Å². The van der Waals surface area contributed by atoms with Crippen LogP contribution in [0.25, 0.3) is 0 Å². The Hall–Kier alpha value is -3.81. The predicted octanol–water partition coefficient (Wildman–Crippen LogP) is 2.94. The first-order chi connectivity index (χ1) is 15.4. The van der Waals surface area contributed by atoms with Gasteiger partial charge in [0.2, 0.25) is 5.91 Å². The third-order valence-electron chi connectivity index (χ3n) is 5.69. The van der Waals surface area contributed by atoms with E-state index < -0.39 is 5.54 Å². The lowest BCUT2D eigenvalue weighted by atomic mass is 9.93. The second-order valence-corrected chi connectivity index (χ2v) is 7.98. The topological polar surface area (TPSA) is 85.7 Å². The molecule has 166 valence electrons. The number of hydrogen-bond acceptors (Lipinski definition) is 5. The van der Waals surface area contributed by atoms with Crippen LogP contribution in [0.5, 0.6) is 11.5 Å². The molecule has 0 unspecified atom stereocenters. The van der Waals surface area contributed by atoms with Crippen molar-refractivity contribution >= 4 is 17.5 Å². The first kappa shape index (κ1) is 21.4. The summed E-state index contributed by atoms with van der Waals surface area (Å²) in [7, 11) is 3.17. The molecule has 8 nitrogen and oxygen atoms in total. The van der Waals surface area contributed by atoms with E-state index in [1.54, 1.807) is 56.2 Å². The lowest BCUT2D eigenvalue weighted by Gasteiger charge is -2.43. The van der Waals surface area contributed by atoms with Gasteiger partial charge in [-0.1, -0.05) is 18.2 Å². The molecule has 1 aromatic heterocycles. The lowest BCUT2D eigenvalue weighted by Crippen LogP contribution is -2.64. The summed E-state index contributed by atoms with van der Waals surface area (Å²) in [6.07, 6.45) is 0. The molecule has 1 N–H and O–H groups in total. The average molecular weight is 434 g/mol. The van der Waals surface area contributed by atoms with Crippen LogP contribution in [0.15, 0.2) is 54.6 Å². The zero-order chi connectivity index (χ0) is 22.9. The number of amides is 2. The van der Waals surface area contributed by atoms with Crippen LogP contribution < -0.4 is 19.7 Å². The molecule has 1 atom stereocenters. The molecule has 32 heavy (non-hydrogen) atoms. The van der Waals surface area contributed by atoms with Gasteiger partial charge in [-0.25, -0.2) is 0 Å². The Bertz CT molecular complexity index is 1160. The van der Waals surface area contributed by atoms with E-state index in [1.165, 1.54) is 4.90 Å². The van der Waals surface area contributed by atoms with Crippen LogP contribution in [-0.4, -0.2) is 41.4 Å². The van der Waals surface area contributed by atoms with E-state index in [9.17, 15) is 9.59 Å². The summed E-state index contributed by atoms with van der Waals surface area (Å²) in [5, 5.41) is 7.42. The fourth-order valence-corrected chi connectivity index (χ4v) is 3.98. The highest BCUT2D eigenvalue weighted by Crippen LogP contribution is 2.34. The highest BCUT2D eigenvalue weighted by atomic mass is 16.5. The Morgan fingerprint density at radius 2 is 1.81 bits per heavy atom. The van der Waals surface area contributed by atoms with Crippen molar-refractivity contribution in [3.8, 4) is 11.5 Å². The number of fused-ring (bicyclic) bond motifs is 1. The highest BCUT2D eigenvalue weighted by molar-refractivity contribution is 6.11. The van der Waals surface area contributed by atoms with Crippen LogP contribution in [0, 0.1) is 6.92 Å². The second kappa shape index (κ2) is 8.37. The molecular formula is C24H26N4O4. The van der Waals surface area contributed by atoms with Crippen LogP contribution in [0.1, 0.15) is 28.7 Å². The summed E-state index contributed by atoms with van der Waals surface area (Å²) >= 11 is 0. The highest BCUT2D eigenvalue weighted by Gasteiger charge is 2.48. The van der Waals surface area contributed by atoms with E-state index in [1.807, 2.05) is 31.2 Å². The van der Waals surface area contributed by atoms with Crippen molar-refractivity contribution < 1.29 is 19.1 Å². The van der Waals surface area contributed by atoms with E-state index in [0.29, 0.717) is 23.7 Å². The van der Waals surface area contributed by atoms with E-state index in [4.69, 9.17) is 9.47 Å². The summed E-state index contributed by atoms with van der Waals surface area (Å²) in [4.78, 5) is 28.6. The average Bonchev–Trinajstić information content (AvgIpc) is 3.18. The van der Waals surface area contributed by atoms with Crippen molar-refractivity contribution in [2.45, 2.75) is 32.5 Å². The number of methoxy groups -OCH3 is 2. The molecule has 2 heterocycles. The number of anilines is 1. The van der Waals surface area contributed by atoms with Gasteiger partial charge in [0.15, 0.2) is 0 Å². The van der Waals surface area contributed by atoms with Gasteiger partial charge < -0.3 is 14.8 Å². The van der Waals surface area contributed by atoms with Crippen LogP contribution in [0.3, 0.4) is 0 Å². The summed E-state index contributed by atoms with van der Waals surface area (Å²) in [6, 6.07) is 16.4. The van der Waals surface area contributed by atoms with Gasteiger partial charge in [-0.15, -0.1) is 0 Å². The van der Waals surface area contributed by atoms with E-state index >= 15 is 0 Å². The second-order valence-electron chi connectivity index (χ2n) is 7.98. The molecular weight excluding hydrogens is 408 g/mol. The van der Waals surface area contributed by atoms with E-state index in [0.717, 1.165) is 17.0 Å². The van der Waals surface area contributed by atoms with Gasteiger partial charge in [0.25, 0.3) is 5.91 Å². The Morgan fingerprint density at radius 1 is 1.09 bits per heavy atom. The number of nitrogens with zero attached hydrogens (tertiary/aromatic N) is 3. The molecule has 0 saturated heterocycles. The Labute approximate surface area is 186 Å². The smallest absolute Gasteiger partial charge is 0.277 e. The molecule has 0 fully saturated rings.